The smallest absolute Gasteiger partial charge is 0.317 e. The number of ether oxygens (including phenoxy) is 1. The van der Waals surface area contributed by atoms with Crippen LogP contribution in [0.2, 0.25) is 5.02 Å². The fourth-order valence-corrected chi connectivity index (χ4v) is 3.67. The summed E-state index contributed by atoms with van der Waals surface area (Å²) >= 11 is 6.04. The summed E-state index contributed by atoms with van der Waals surface area (Å²) in [6, 6.07) is 5.72. The Labute approximate surface area is 134 Å². The lowest BCUT2D eigenvalue weighted by molar-refractivity contribution is 0.0100. The summed E-state index contributed by atoms with van der Waals surface area (Å²) in [5.74, 6) is 0.888. The fraction of sp³-hybridized carbons (Fsp3) is 0.438. The zero-order valence-electron chi connectivity index (χ0n) is 12.4. The summed E-state index contributed by atoms with van der Waals surface area (Å²) in [4.78, 5) is 15.8. The van der Waals surface area contributed by atoms with Crippen LogP contribution in [0.4, 0.5) is 4.79 Å². The second-order valence-electron chi connectivity index (χ2n) is 6.36. The molecule has 6 heteroatoms. The van der Waals surface area contributed by atoms with Crippen molar-refractivity contribution in [1.82, 2.24) is 15.1 Å². The van der Waals surface area contributed by atoms with Crippen molar-refractivity contribution in [2.45, 2.75) is 5.54 Å². The standard InChI is InChI=1S/C16H18ClN3O2/c1-19-15(21)18-8-16(19)9-20(10-16)6-11-4-12-5-13(17)2-3-14(12)22-7-11/h2-5H,6-10H2,1H3,(H,18,21). The van der Waals surface area contributed by atoms with Gasteiger partial charge in [-0.25, -0.2) is 4.79 Å². The van der Waals surface area contributed by atoms with E-state index in [0.29, 0.717) is 6.61 Å². The molecule has 1 aromatic carbocycles. The average Bonchev–Trinajstić information content (AvgIpc) is 2.75. The molecule has 116 valence electrons. The Hall–Kier alpha value is -1.72. The lowest BCUT2D eigenvalue weighted by atomic mass is 9.89. The van der Waals surface area contributed by atoms with Crippen LogP contribution in [0.5, 0.6) is 5.75 Å². The zero-order chi connectivity index (χ0) is 15.3. The van der Waals surface area contributed by atoms with Crippen LogP contribution in [0.25, 0.3) is 6.08 Å². The molecule has 3 heterocycles. The van der Waals surface area contributed by atoms with Crippen molar-refractivity contribution in [3.63, 3.8) is 0 Å². The van der Waals surface area contributed by atoms with Crippen molar-refractivity contribution >= 4 is 23.7 Å². The van der Waals surface area contributed by atoms with E-state index in [1.165, 1.54) is 5.57 Å². The highest BCUT2D eigenvalue weighted by atomic mass is 35.5. The maximum atomic E-state index is 11.6. The predicted octanol–water partition coefficient (Wildman–Crippen LogP) is 1.83. The number of nitrogens with one attached hydrogen (secondary N) is 1. The van der Waals surface area contributed by atoms with Gasteiger partial charge in [-0.1, -0.05) is 11.6 Å². The first kappa shape index (κ1) is 13.9. The van der Waals surface area contributed by atoms with Crippen molar-refractivity contribution in [3.8, 4) is 5.75 Å². The van der Waals surface area contributed by atoms with Gasteiger partial charge in [-0.3, -0.25) is 4.90 Å². The molecule has 22 heavy (non-hydrogen) atoms. The number of fused-ring (bicyclic) bond motifs is 1. The van der Waals surface area contributed by atoms with Crippen molar-refractivity contribution < 1.29 is 9.53 Å². The second kappa shape index (κ2) is 4.89. The van der Waals surface area contributed by atoms with E-state index >= 15 is 0 Å². The summed E-state index contributed by atoms with van der Waals surface area (Å²) < 4.78 is 5.79. The number of carbonyl (C=O) groups is 1. The average molecular weight is 320 g/mol. The van der Waals surface area contributed by atoms with Gasteiger partial charge in [0.1, 0.15) is 12.4 Å². The number of amides is 2. The number of carbonyl (C=O) groups excluding carboxylic acids is 1. The molecule has 0 saturated carbocycles. The molecule has 3 aliphatic heterocycles. The number of likely N-dealkylation sites (tertiary alicyclic amines) is 1. The monoisotopic (exact) mass is 319 g/mol. The summed E-state index contributed by atoms with van der Waals surface area (Å²) in [5.41, 5.74) is 2.26. The molecule has 3 aliphatic rings. The van der Waals surface area contributed by atoms with Crippen LogP contribution < -0.4 is 10.1 Å². The molecule has 4 rings (SSSR count). The Bertz CT molecular complexity index is 667. The molecular weight excluding hydrogens is 302 g/mol. The molecule has 1 N–H and O–H groups in total. The minimum Gasteiger partial charge on any atom is -0.489 e. The van der Waals surface area contributed by atoms with E-state index in [2.05, 4.69) is 16.3 Å². The van der Waals surface area contributed by atoms with Gasteiger partial charge >= 0.3 is 6.03 Å². The van der Waals surface area contributed by atoms with Crippen molar-refractivity contribution in [2.24, 2.45) is 0 Å². The normalized spacial score (nSPS) is 22.7. The SMILES string of the molecule is CN1C(=O)NCC12CN(CC1=Cc3cc(Cl)ccc3OC1)C2. The van der Waals surface area contributed by atoms with E-state index in [0.717, 1.165) is 42.5 Å². The number of halogens is 1. The molecule has 0 atom stereocenters. The third-order valence-corrected chi connectivity index (χ3v) is 5.03. The van der Waals surface area contributed by atoms with Crippen molar-refractivity contribution in [1.29, 1.82) is 0 Å². The van der Waals surface area contributed by atoms with Gasteiger partial charge in [0, 0.05) is 43.8 Å². The highest BCUT2D eigenvalue weighted by Gasteiger charge is 2.51. The lowest BCUT2D eigenvalue weighted by Crippen LogP contribution is -2.69. The number of hydrogen-bond donors (Lipinski definition) is 1. The molecule has 0 unspecified atom stereocenters. The molecule has 0 radical (unpaired) electrons. The first-order valence-corrected chi connectivity index (χ1v) is 7.79. The maximum absolute atomic E-state index is 11.6. The minimum absolute atomic E-state index is 0.0195. The van der Waals surface area contributed by atoms with Gasteiger partial charge in [-0.05, 0) is 29.8 Å². The molecular formula is C16H18ClN3O2. The zero-order valence-corrected chi connectivity index (χ0v) is 13.2. The van der Waals surface area contributed by atoms with Crippen molar-refractivity contribution in [2.75, 3.05) is 39.8 Å². The molecule has 2 saturated heterocycles. The number of hydrogen-bond acceptors (Lipinski definition) is 3. The minimum atomic E-state index is -0.0195. The van der Waals surface area contributed by atoms with Crippen LogP contribution in [0, 0.1) is 0 Å². The van der Waals surface area contributed by atoms with Crippen LogP contribution >= 0.6 is 11.6 Å². The van der Waals surface area contributed by atoms with E-state index in [1.807, 2.05) is 30.1 Å². The highest BCUT2D eigenvalue weighted by molar-refractivity contribution is 6.30. The number of nitrogens with zero attached hydrogens (tertiary/aromatic N) is 2. The van der Waals surface area contributed by atoms with Gasteiger partial charge in [-0.2, -0.15) is 0 Å². The lowest BCUT2D eigenvalue weighted by Gasteiger charge is -2.51. The quantitative estimate of drug-likeness (QED) is 0.904. The molecule has 5 nitrogen and oxygen atoms in total. The van der Waals surface area contributed by atoms with Gasteiger partial charge in [0.25, 0.3) is 0 Å². The molecule has 0 bridgehead atoms. The Kier molecular flexibility index (Phi) is 3.09. The first-order chi connectivity index (χ1) is 10.6. The fourth-order valence-electron chi connectivity index (χ4n) is 3.49. The Morgan fingerprint density at radius 2 is 2.23 bits per heavy atom. The summed E-state index contributed by atoms with van der Waals surface area (Å²) in [6.07, 6.45) is 2.16. The van der Waals surface area contributed by atoms with Gasteiger partial charge < -0.3 is 15.0 Å². The molecule has 1 spiro atoms. The third kappa shape index (κ3) is 2.16. The summed E-state index contributed by atoms with van der Waals surface area (Å²) in [7, 11) is 1.88. The number of urea groups is 1. The van der Waals surface area contributed by atoms with Gasteiger partial charge in [0.15, 0.2) is 0 Å². The highest BCUT2D eigenvalue weighted by Crippen LogP contribution is 2.33. The third-order valence-electron chi connectivity index (χ3n) is 4.79. The Balaban J connectivity index is 1.43. The molecule has 2 amide bonds. The van der Waals surface area contributed by atoms with Crippen LogP contribution in [0.1, 0.15) is 5.56 Å². The Morgan fingerprint density at radius 1 is 1.41 bits per heavy atom. The van der Waals surface area contributed by atoms with E-state index in [9.17, 15) is 4.79 Å². The molecule has 2 fully saturated rings. The van der Waals surface area contributed by atoms with Crippen LogP contribution in [-0.2, 0) is 0 Å². The topological polar surface area (TPSA) is 44.8 Å². The molecule has 1 aromatic rings. The molecule has 0 aromatic heterocycles. The van der Waals surface area contributed by atoms with E-state index in [-0.39, 0.29) is 11.6 Å². The number of likely N-dealkylation sites (N-methyl/N-ethyl adjacent to an activating group) is 1. The largest absolute Gasteiger partial charge is 0.489 e. The van der Waals surface area contributed by atoms with Crippen molar-refractivity contribution in [3.05, 3.63) is 34.4 Å². The molecule has 0 aliphatic carbocycles. The van der Waals surface area contributed by atoms with Crippen LogP contribution in [-0.4, -0.2) is 61.2 Å². The van der Waals surface area contributed by atoms with Gasteiger partial charge in [0.2, 0.25) is 0 Å². The van der Waals surface area contributed by atoms with Crippen LogP contribution in [0.15, 0.2) is 23.8 Å². The summed E-state index contributed by atoms with van der Waals surface area (Å²) in [5, 5.41) is 3.63. The number of rotatable bonds is 2. The van der Waals surface area contributed by atoms with Crippen LogP contribution in [0.3, 0.4) is 0 Å². The number of benzene rings is 1. The van der Waals surface area contributed by atoms with E-state index in [4.69, 9.17) is 16.3 Å². The van der Waals surface area contributed by atoms with Gasteiger partial charge in [0.05, 0.1) is 5.54 Å². The van der Waals surface area contributed by atoms with E-state index in [1.54, 1.807) is 0 Å². The van der Waals surface area contributed by atoms with Gasteiger partial charge in [-0.15, -0.1) is 0 Å². The summed E-state index contributed by atoms with van der Waals surface area (Å²) in [6.45, 7) is 4.04. The first-order valence-electron chi connectivity index (χ1n) is 7.42. The Morgan fingerprint density at radius 3 is 2.95 bits per heavy atom. The maximum Gasteiger partial charge on any atom is 0.317 e. The second-order valence-corrected chi connectivity index (χ2v) is 6.80. The predicted molar refractivity (Wildman–Crippen MR) is 85.3 cm³/mol. The van der Waals surface area contributed by atoms with E-state index < -0.39 is 0 Å².